The maximum absolute atomic E-state index is 12.8. The number of ketones is 2. The lowest BCUT2D eigenvalue weighted by molar-refractivity contribution is -0.137. The third kappa shape index (κ3) is 2.08. The highest BCUT2D eigenvalue weighted by molar-refractivity contribution is 6.14. The molecule has 0 amide bonds. The van der Waals surface area contributed by atoms with Crippen LogP contribution in [0.1, 0.15) is 49.5 Å². The molecule has 0 radical (unpaired) electrons. The van der Waals surface area contributed by atoms with Gasteiger partial charge in [0.1, 0.15) is 5.78 Å². The highest BCUT2D eigenvalue weighted by Gasteiger charge is 2.67. The third-order valence-electron chi connectivity index (χ3n) is 6.29. The van der Waals surface area contributed by atoms with Gasteiger partial charge in [-0.05, 0) is 36.3 Å². The van der Waals surface area contributed by atoms with Crippen molar-refractivity contribution >= 4 is 11.6 Å². The molecule has 0 heterocycles. The number of benzene rings is 1. The summed E-state index contributed by atoms with van der Waals surface area (Å²) in [6.45, 7) is 5.86. The zero-order chi connectivity index (χ0) is 17.2. The van der Waals surface area contributed by atoms with Crippen molar-refractivity contribution in [1.82, 2.24) is 0 Å². The maximum Gasteiger partial charge on any atom is 0.416 e. The summed E-state index contributed by atoms with van der Waals surface area (Å²) in [5, 5.41) is 0. The molecule has 0 spiro atoms. The van der Waals surface area contributed by atoms with Crippen LogP contribution in [-0.4, -0.2) is 11.6 Å². The second kappa shape index (κ2) is 4.68. The Morgan fingerprint density at radius 1 is 1.22 bits per heavy atom. The normalized spacial score (nSPS) is 32.3. The van der Waals surface area contributed by atoms with E-state index in [2.05, 4.69) is 0 Å². The SMILES string of the molecule is CC12CCC(C(C(=O)c3cccc(C(F)(F)F)c3)C1=O)C2(C)C. The molecule has 2 aliphatic carbocycles. The summed E-state index contributed by atoms with van der Waals surface area (Å²) in [5.41, 5.74) is -1.74. The summed E-state index contributed by atoms with van der Waals surface area (Å²) in [6.07, 6.45) is -2.99. The van der Waals surface area contributed by atoms with Crippen molar-refractivity contribution < 1.29 is 22.8 Å². The van der Waals surface area contributed by atoms with Gasteiger partial charge in [0.2, 0.25) is 0 Å². The minimum atomic E-state index is -4.50. The first-order valence-electron chi connectivity index (χ1n) is 7.76. The summed E-state index contributed by atoms with van der Waals surface area (Å²) in [5.74, 6) is -1.49. The van der Waals surface area contributed by atoms with Crippen LogP contribution in [-0.2, 0) is 11.0 Å². The number of carbonyl (C=O) groups excluding carboxylic acids is 2. The van der Waals surface area contributed by atoms with Gasteiger partial charge in [0.25, 0.3) is 0 Å². The van der Waals surface area contributed by atoms with Crippen molar-refractivity contribution in [3.05, 3.63) is 35.4 Å². The van der Waals surface area contributed by atoms with Crippen molar-refractivity contribution in [3.63, 3.8) is 0 Å². The summed E-state index contributed by atoms with van der Waals surface area (Å²) in [4.78, 5) is 25.5. The molecule has 2 nitrogen and oxygen atoms in total. The van der Waals surface area contributed by atoms with Gasteiger partial charge in [0, 0.05) is 11.0 Å². The molecular weight excluding hydrogens is 305 g/mol. The van der Waals surface area contributed by atoms with E-state index in [4.69, 9.17) is 0 Å². The smallest absolute Gasteiger partial charge is 0.298 e. The minimum absolute atomic E-state index is 0.0230. The van der Waals surface area contributed by atoms with Crippen LogP contribution in [0.5, 0.6) is 0 Å². The fourth-order valence-corrected chi connectivity index (χ4v) is 4.42. The van der Waals surface area contributed by atoms with E-state index >= 15 is 0 Å². The van der Waals surface area contributed by atoms with Crippen LogP contribution in [0.25, 0.3) is 0 Å². The molecule has 2 bridgehead atoms. The Morgan fingerprint density at radius 2 is 1.87 bits per heavy atom. The monoisotopic (exact) mass is 324 g/mol. The molecule has 5 heteroatoms. The quantitative estimate of drug-likeness (QED) is 0.592. The number of hydrogen-bond donors (Lipinski definition) is 0. The van der Waals surface area contributed by atoms with Gasteiger partial charge < -0.3 is 0 Å². The molecule has 124 valence electrons. The fraction of sp³-hybridized carbons (Fsp3) is 0.556. The van der Waals surface area contributed by atoms with Gasteiger partial charge in [-0.25, -0.2) is 0 Å². The fourth-order valence-electron chi connectivity index (χ4n) is 4.42. The first kappa shape index (κ1) is 16.2. The first-order valence-corrected chi connectivity index (χ1v) is 7.76. The van der Waals surface area contributed by atoms with E-state index < -0.39 is 28.9 Å². The van der Waals surface area contributed by atoms with Gasteiger partial charge in [0.15, 0.2) is 5.78 Å². The van der Waals surface area contributed by atoms with Crippen LogP contribution in [0, 0.1) is 22.7 Å². The van der Waals surface area contributed by atoms with Crippen molar-refractivity contribution in [2.24, 2.45) is 22.7 Å². The zero-order valence-corrected chi connectivity index (χ0v) is 13.3. The molecule has 2 fully saturated rings. The number of Topliss-reactive ketones (excluding diaryl/α,β-unsaturated/α-hetero) is 2. The Hall–Kier alpha value is -1.65. The number of alkyl halides is 3. The van der Waals surface area contributed by atoms with Crippen LogP contribution >= 0.6 is 0 Å². The van der Waals surface area contributed by atoms with Gasteiger partial charge in [-0.15, -0.1) is 0 Å². The van der Waals surface area contributed by atoms with Gasteiger partial charge >= 0.3 is 6.18 Å². The lowest BCUT2D eigenvalue weighted by Crippen LogP contribution is -2.35. The van der Waals surface area contributed by atoms with E-state index in [1.807, 2.05) is 20.8 Å². The van der Waals surface area contributed by atoms with E-state index in [-0.39, 0.29) is 22.7 Å². The molecule has 2 saturated carbocycles. The average molecular weight is 324 g/mol. The number of fused-ring (bicyclic) bond motifs is 2. The van der Waals surface area contributed by atoms with E-state index in [0.717, 1.165) is 25.0 Å². The van der Waals surface area contributed by atoms with Crippen LogP contribution < -0.4 is 0 Å². The van der Waals surface area contributed by atoms with E-state index in [0.29, 0.717) is 0 Å². The molecule has 0 aromatic heterocycles. The molecule has 0 saturated heterocycles. The third-order valence-corrected chi connectivity index (χ3v) is 6.29. The van der Waals surface area contributed by atoms with Gasteiger partial charge in [-0.2, -0.15) is 13.2 Å². The van der Waals surface area contributed by atoms with Crippen molar-refractivity contribution in [2.45, 2.75) is 39.8 Å². The van der Waals surface area contributed by atoms with Gasteiger partial charge in [0.05, 0.1) is 11.5 Å². The van der Waals surface area contributed by atoms with Crippen LogP contribution in [0.15, 0.2) is 24.3 Å². The molecule has 1 aromatic rings. The first-order chi connectivity index (χ1) is 10.5. The number of carbonyl (C=O) groups is 2. The zero-order valence-electron chi connectivity index (χ0n) is 13.3. The van der Waals surface area contributed by atoms with Gasteiger partial charge in [-0.1, -0.05) is 32.9 Å². The predicted molar refractivity (Wildman–Crippen MR) is 78.9 cm³/mol. The minimum Gasteiger partial charge on any atom is -0.298 e. The summed E-state index contributed by atoms with van der Waals surface area (Å²) < 4.78 is 38.5. The molecule has 3 atom stereocenters. The number of rotatable bonds is 2. The molecule has 2 aliphatic rings. The van der Waals surface area contributed by atoms with Crippen molar-refractivity contribution in [3.8, 4) is 0 Å². The van der Waals surface area contributed by atoms with Crippen LogP contribution in [0.3, 0.4) is 0 Å². The Bertz CT molecular complexity index is 690. The predicted octanol–water partition coefficient (Wildman–Crippen LogP) is 4.53. The Kier molecular flexibility index (Phi) is 3.30. The molecule has 3 unspecified atom stereocenters. The second-order valence-electron chi connectivity index (χ2n) is 7.48. The Labute approximate surface area is 133 Å². The highest BCUT2D eigenvalue weighted by Crippen LogP contribution is 2.66. The average Bonchev–Trinajstić information content (AvgIpc) is 2.78. The largest absolute Gasteiger partial charge is 0.416 e. The molecule has 1 aromatic carbocycles. The highest BCUT2D eigenvalue weighted by atomic mass is 19.4. The number of hydrogen-bond acceptors (Lipinski definition) is 2. The van der Waals surface area contributed by atoms with Crippen molar-refractivity contribution in [1.29, 1.82) is 0 Å². The van der Waals surface area contributed by atoms with E-state index in [1.165, 1.54) is 12.1 Å². The van der Waals surface area contributed by atoms with Crippen LogP contribution in [0.2, 0.25) is 0 Å². The molecular formula is C18H19F3O2. The summed E-state index contributed by atoms with van der Waals surface area (Å²) >= 11 is 0. The lowest BCUT2D eigenvalue weighted by Gasteiger charge is -2.32. The topological polar surface area (TPSA) is 34.1 Å². The number of halogens is 3. The van der Waals surface area contributed by atoms with Crippen molar-refractivity contribution in [2.75, 3.05) is 0 Å². The Balaban J connectivity index is 1.98. The van der Waals surface area contributed by atoms with Crippen LogP contribution in [0.4, 0.5) is 13.2 Å². The van der Waals surface area contributed by atoms with E-state index in [1.54, 1.807) is 0 Å². The molecule has 23 heavy (non-hydrogen) atoms. The van der Waals surface area contributed by atoms with Gasteiger partial charge in [-0.3, -0.25) is 9.59 Å². The molecule has 3 rings (SSSR count). The molecule has 0 N–H and O–H groups in total. The lowest BCUT2D eigenvalue weighted by atomic mass is 9.70. The summed E-state index contributed by atoms with van der Waals surface area (Å²) in [6, 6.07) is 4.38. The second-order valence-corrected chi connectivity index (χ2v) is 7.48. The summed E-state index contributed by atoms with van der Waals surface area (Å²) in [7, 11) is 0. The Morgan fingerprint density at radius 3 is 2.39 bits per heavy atom. The maximum atomic E-state index is 12.8. The molecule has 0 aliphatic heterocycles. The standard InChI is InChI=1S/C18H19F3O2/c1-16(2)12-7-8-17(16,3)15(23)13(12)14(22)10-5-4-6-11(9-10)18(19,20)21/h4-6,9,12-13H,7-8H2,1-3H3. The van der Waals surface area contributed by atoms with E-state index in [9.17, 15) is 22.8 Å².